The number of imide groups is 2. The van der Waals surface area contributed by atoms with E-state index in [1.165, 1.54) is 49.6 Å². The highest BCUT2D eigenvalue weighted by Crippen LogP contribution is 2.38. The van der Waals surface area contributed by atoms with Crippen molar-refractivity contribution in [3.05, 3.63) is 123 Å². The van der Waals surface area contributed by atoms with Crippen molar-refractivity contribution in [1.82, 2.24) is 5.32 Å². The first-order valence-corrected chi connectivity index (χ1v) is 13.6. The molecule has 4 aromatic carbocycles. The van der Waals surface area contributed by atoms with Crippen LogP contribution in [0.3, 0.4) is 0 Å². The molecule has 0 bridgehead atoms. The molecule has 0 unspecified atom stereocenters. The maximum absolute atomic E-state index is 13.5. The summed E-state index contributed by atoms with van der Waals surface area (Å²) >= 11 is 12.4. The largest absolute Gasteiger partial charge is 0.493 e. The first kappa shape index (κ1) is 29.6. The van der Waals surface area contributed by atoms with E-state index in [0.717, 1.165) is 10.5 Å². The van der Waals surface area contributed by atoms with Gasteiger partial charge in [-0.05, 0) is 83.4 Å². The quantitative estimate of drug-likeness (QED) is 0.160. The molecule has 0 aromatic heterocycles. The average Bonchev–Trinajstić information content (AvgIpc) is 2.99. The summed E-state index contributed by atoms with van der Waals surface area (Å²) in [5.74, 6) is -1.16. The molecule has 4 amide bonds. The molecule has 1 heterocycles. The Balaban J connectivity index is 1.34. The normalized spacial score (nSPS) is 14.1. The summed E-state index contributed by atoms with van der Waals surface area (Å²) in [5, 5.41) is 2.94. The van der Waals surface area contributed by atoms with Crippen LogP contribution in [-0.4, -0.2) is 25.0 Å². The predicted molar refractivity (Wildman–Crippen MR) is 160 cm³/mol. The average molecular weight is 621 g/mol. The number of hydrogen-bond acceptors (Lipinski definition) is 6. The van der Waals surface area contributed by atoms with E-state index in [9.17, 15) is 18.8 Å². The minimum Gasteiger partial charge on any atom is -0.493 e. The van der Waals surface area contributed by atoms with Gasteiger partial charge >= 0.3 is 6.03 Å². The summed E-state index contributed by atoms with van der Waals surface area (Å²) in [4.78, 5) is 39.6. The number of urea groups is 1. The molecule has 11 heteroatoms. The molecule has 5 rings (SSSR count). The fraction of sp³-hybridized carbons (Fsp3) is 0.0938. The van der Waals surface area contributed by atoms with Crippen LogP contribution >= 0.6 is 23.2 Å². The van der Waals surface area contributed by atoms with Gasteiger partial charge in [-0.3, -0.25) is 14.9 Å². The molecule has 0 saturated carbocycles. The Kier molecular flexibility index (Phi) is 8.94. The van der Waals surface area contributed by atoms with Crippen LogP contribution in [0.15, 0.2) is 90.5 Å². The topological polar surface area (TPSA) is 94.2 Å². The van der Waals surface area contributed by atoms with Crippen molar-refractivity contribution in [1.29, 1.82) is 0 Å². The lowest BCUT2D eigenvalue weighted by atomic mass is 10.1. The molecule has 1 fully saturated rings. The van der Waals surface area contributed by atoms with Gasteiger partial charge < -0.3 is 14.2 Å². The first-order valence-electron chi connectivity index (χ1n) is 12.9. The summed E-state index contributed by atoms with van der Waals surface area (Å²) in [5.41, 5.74) is 1.78. The number of rotatable bonds is 9. The number of nitrogens with zero attached hydrogens (tertiary/aromatic N) is 1. The standard InChI is InChI=1S/C32H23Cl2FN2O6/c1-41-28-16-21(15-27(34)29(28)43-18-20-3-2-4-23(35)13-20)14-26-30(38)36-32(40)37(31(26)39)24-9-11-25(12-10-24)42-17-19-5-7-22(33)8-6-19/h2-16H,17-18H2,1H3,(H,36,38,40)/b26-14+. The Morgan fingerprint density at radius 1 is 0.860 bits per heavy atom. The lowest BCUT2D eigenvalue weighted by molar-refractivity contribution is -0.122. The van der Waals surface area contributed by atoms with Gasteiger partial charge in [0.1, 0.15) is 30.4 Å². The van der Waals surface area contributed by atoms with Crippen molar-refractivity contribution in [3.8, 4) is 17.2 Å². The van der Waals surface area contributed by atoms with Crippen LogP contribution in [0.25, 0.3) is 6.08 Å². The lowest BCUT2D eigenvalue weighted by Gasteiger charge is -2.26. The van der Waals surface area contributed by atoms with E-state index in [1.54, 1.807) is 36.4 Å². The zero-order chi connectivity index (χ0) is 30.5. The van der Waals surface area contributed by atoms with E-state index in [2.05, 4.69) is 5.32 Å². The summed E-state index contributed by atoms with van der Waals surface area (Å²) < 4.78 is 30.5. The van der Waals surface area contributed by atoms with Gasteiger partial charge in [0.2, 0.25) is 0 Å². The van der Waals surface area contributed by atoms with E-state index in [0.29, 0.717) is 28.5 Å². The number of methoxy groups -OCH3 is 1. The number of halogens is 3. The van der Waals surface area contributed by atoms with Crippen molar-refractivity contribution in [2.45, 2.75) is 13.2 Å². The Hall–Kier alpha value is -4.86. The van der Waals surface area contributed by atoms with Crippen molar-refractivity contribution in [2.75, 3.05) is 12.0 Å². The molecule has 1 aliphatic heterocycles. The van der Waals surface area contributed by atoms with Crippen LogP contribution in [0.5, 0.6) is 17.2 Å². The monoisotopic (exact) mass is 620 g/mol. The number of nitrogens with one attached hydrogen (secondary N) is 1. The zero-order valence-electron chi connectivity index (χ0n) is 22.6. The molecule has 1 saturated heterocycles. The number of ether oxygens (including phenoxy) is 3. The maximum atomic E-state index is 13.5. The van der Waals surface area contributed by atoms with Gasteiger partial charge in [-0.15, -0.1) is 0 Å². The molecule has 1 N–H and O–H groups in total. The highest BCUT2D eigenvalue weighted by atomic mass is 35.5. The fourth-order valence-corrected chi connectivity index (χ4v) is 4.64. The van der Waals surface area contributed by atoms with Crippen molar-refractivity contribution in [2.24, 2.45) is 0 Å². The van der Waals surface area contributed by atoms with Crippen molar-refractivity contribution in [3.63, 3.8) is 0 Å². The molecule has 4 aromatic rings. The van der Waals surface area contributed by atoms with Crippen molar-refractivity contribution >= 4 is 52.8 Å². The molecule has 218 valence electrons. The van der Waals surface area contributed by atoms with E-state index in [4.69, 9.17) is 37.4 Å². The minimum atomic E-state index is -0.890. The Morgan fingerprint density at radius 3 is 2.28 bits per heavy atom. The fourth-order valence-electron chi connectivity index (χ4n) is 4.24. The SMILES string of the molecule is COc1cc(/C=C2\C(=O)NC(=O)N(c3ccc(OCc4ccc(Cl)cc4)cc3)C2=O)cc(Cl)c1OCc1cccc(F)c1. The number of carbonyl (C=O) groups excluding carboxylic acids is 3. The molecule has 0 spiro atoms. The van der Waals surface area contributed by atoms with Crippen molar-refractivity contribution < 1.29 is 33.0 Å². The van der Waals surface area contributed by atoms with Gasteiger partial charge in [0.25, 0.3) is 11.8 Å². The third-order valence-electron chi connectivity index (χ3n) is 6.35. The molecule has 8 nitrogen and oxygen atoms in total. The number of benzene rings is 4. The Labute approximate surface area is 256 Å². The summed E-state index contributed by atoms with van der Waals surface area (Å²) in [7, 11) is 1.40. The van der Waals surface area contributed by atoms with E-state index in [-0.39, 0.29) is 34.4 Å². The van der Waals surface area contributed by atoms with E-state index < -0.39 is 23.7 Å². The predicted octanol–water partition coefficient (Wildman–Crippen LogP) is 6.97. The zero-order valence-corrected chi connectivity index (χ0v) is 24.1. The molecule has 0 aliphatic carbocycles. The number of barbiturate groups is 1. The number of anilines is 1. The summed E-state index contributed by atoms with van der Waals surface area (Å²) in [6.45, 7) is 0.318. The van der Waals surface area contributed by atoms with Crippen LogP contribution in [0, 0.1) is 5.82 Å². The third-order valence-corrected chi connectivity index (χ3v) is 6.88. The van der Waals surface area contributed by atoms with E-state index in [1.807, 2.05) is 12.1 Å². The van der Waals surface area contributed by atoms with E-state index >= 15 is 0 Å². The summed E-state index contributed by atoms with van der Waals surface area (Å²) in [6, 6.07) is 21.5. The smallest absolute Gasteiger partial charge is 0.335 e. The molecule has 0 atom stereocenters. The second-order valence-corrected chi connectivity index (χ2v) is 10.2. The first-order chi connectivity index (χ1) is 20.7. The molecule has 43 heavy (non-hydrogen) atoms. The van der Waals surface area contributed by atoms with Crippen LogP contribution in [0.1, 0.15) is 16.7 Å². The Morgan fingerprint density at radius 2 is 1.58 bits per heavy atom. The van der Waals surface area contributed by atoms with Gasteiger partial charge in [0.05, 0.1) is 17.8 Å². The van der Waals surface area contributed by atoms with Crippen LogP contribution < -0.4 is 24.4 Å². The number of amides is 4. The van der Waals surface area contributed by atoms with Gasteiger partial charge in [0.15, 0.2) is 11.5 Å². The highest BCUT2D eigenvalue weighted by molar-refractivity contribution is 6.39. The van der Waals surface area contributed by atoms with Gasteiger partial charge in [-0.1, -0.05) is 47.5 Å². The minimum absolute atomic E-state index is 0.0250. The molecular weight excluding hydrogens is 598 g/mol. The van der Waals surface area contributed by atoms with Crippen LogP contribution in [-0.2, 0) is 22.8 Å². The lowest BCUT2D eigenvalue weighted by Crippen LogP contribution is -2.54. The van der Waals surface area contributed by atoms with Gasteiger partial charge in [-0.25, -0.2) is 14.1 Å². The second kappa shape index (κ2) is 13.0. The molecule has 1 aliphatic rings. The second-order valence-electron chi connectivity index (χ2n) is 9.32. The van der Waals surface area contributed by atoms with Crippen LogP contribution in [0.4, 0.5) is 14.9 Å². The van der Waals surface area contributed by atoms with Gasteiger partial charge in [0, 0.05) is 5.02 Å². The van der Waals surface area contributed by atoms with Crippen LogP contribution in [0.2, 0.25) is 10.0 Å². The third kappa shape index (κ3) is 6.97. The number of hydrogen-bond donors (Lipinski definition) is 1. The Bertz CT molecular complexity index is 1730. The number of carbonyl (C=O) groups is 3. The molecular formula is C32H23Cl2FN2O6. The summed E-state index contributed by atoms with van der Waals surface area (Å²) in [6.07, 6.45) is 1.30. The highest BCUT2D eigenvalue weighted by Gasteiger charge is 2.37. The molecule has 0 radical (unpaired) electrons. The maximum Gasteiger partial charge on any atom is 0.335 e. The van der Waals surface area contributed by atoms with Gasteiger partial charge in [-0.2, -0.15) is 0 Å².